The third-order valence-corrected chi connectivity index (χ3v) is 4.09. The topological polar surface area (TPSA) is 20.7 Å². The summed E-state index contributed by atoms with van der Waals surface area (Å²) in [4.78, 5) is 2.78. The number of rotatable bonds is 1. The molecule has 7 heteroatoms. The third kappa shape index (κ3) is 2.30. The molecule has 0 fully saturated rings. The van der Waals surface area contributed by atoms with Crippen molar-refractivity contribution < 1.29 is 13.2 Å². The van der Waals surface area contributed by atoms with Crippen molar-refractivity contribution in [2.75, 3.05) is 0 Å². The Hall–Kier alpha value is -1.60. The maximum atomic E-state index is 14.1. The number of hydrogen-bond donors (Lipinski definition) is 1. The van der Waals surface area contributed by atoms with Gasteiger partial charge in [-0.25, -0.2) is 13.2 Å². The molecule has 0 aliphatic rings. The summed E-state index contributed by atoms with van der Waals surface area (Å²) >= 11 is 8.21. The van der Waals surface area contributed by atoms with Crippen LogP contribution >= 0.6 is 28.1 Å². The normalized spacial score (nSPS) is 11.3. The summed E-state index contributed by atoms with van der Waals surface area (Å²) in [6.07, 6.45) is 0. The molecule has 0 aliphatic heterocycles. The molecule has 0 spiro atoms. The predicted molar refractivity (Wildman–Crippen MR) is 80.8 cm³/mol. The summed E-state index contributed by atoms with van der Waals surface area (Å²) in [5.74, 6) is -1.61. The van der Waals surface area contributed by atoms with Gasteiger partial charge in [-0.15, -0.1) is 0 Å². The lowest BCUT2D eigenvalue weighted by atomic mass is 10.2. The molecular weight excluding hydrogens is 365 g/mol. The van der Waals surface area contributed by atoms with Gasteiger partial charge in [0.25, 0.3) is 0 Å². The summed E-state index contributed by atoms with van der Waals surface area (Å²) < 4.78 is 43.1. The van der Waals surface area contributed by atoms with Crippen LogP contribution in [0.3, 0.4) is 0 Å². The quantitative estimate of drug-likeness (QED) is 0.584. The van der Waals surface area contributed by atoms with Crippen LogP contribution in [-0.2, 0) is 0 Å². The van der Waals surface area contributed by atoms with Crippen molar-refractivity contribution in [1.82, 2.24) is 9.55 Å². The molecule has 108 valence electrons. The van der Waals surface area contributed by atoms with E-state index in [0.29, 0.717) is 11.0 Å². The Morgan fingerprint density at radius 1 is 1.05 bits per heavy atom. The summed E-state index contributed by atoms with van der Waals surface area (Å²) in [5.41, 5.74) is 1.04. The Balaban J connectivity index is 2.40. The standard InChI is InChI=1S/C14H8BrF3N2S/c1-6-2-10(18)12(5-8(6)16)20-13-3-7(15)9(17)4-11(13)19-14(20)21/h2-5H,1H3,(H,19,21). The molecule has 1 aromatic heterocycles. The minimum Gasteiger partial charge on any atom is -0.330 e. The molecule has 0 atom stereocenters. The average Bonchev–Trinajstić information content (AvgIpc) is 2.70. The Morgan fingerprint density at radius 3 is 2.48 bits per heavy atom. The molecule has 3 aromatic rings. The number of hydrogen-bond acceptors (Lipinski definition) is 1. The second kappa shape index (κ2) is 4.99. The van der Waals surface area contributed by atoms with Gasteiger partial charge in [-0.05, 0) is 52.8 Å². The fourth-order valence-electron chi connectivity index (χ4n) is 2.15. The van der Waals surface area contributed by atoms with E-state index in [9.17, 15) is 13.2 Å². The summed E-state index contributed by atoms with van der Waals surface area (Å²) in [6, 6.07) is 4.89. The Bertz CT molecular complexity index is 930. The fourth-order valence-corrected chi connectivity index (χ4v) is 2.79. The lowest BCUT2D eigenvalue weighted by Crippen LogP contribution is -2.00. The minimum atomic E-state index is -0.605. The molecule has 0 saturated carbocycles. The van der Waals surface area contributed by atoms with Gasteiger partial charge in [0.05, 0.1) is 21.2 Å². The number of aromatic amines is 1. The van der Waals surface area contributed by atoms with Crippen molar-refractivity contribution in [1.29, 1.82) is 0 Å². The lowest BCUT2D eigenvalue weighted by molar-refractivity contribution is 0.586. The van der Waals surface area contributed by atoms with E-state index >= 15 is 0 Å². The summed E-state index contributed by atoms with van der Waals surface area (Å²) in [6.45, 7) is 1.47. The molecule has 0 amide bonds. The highest BCUT2D eigenvalue weighted by atomic mass is 79.9. The van der Waals surface area contributed by atoms with Crippen LogP contribution in [0.25, 0.3) is 16.7 Å². The number of nitrogens with zero attached hydrogens (tertiary/aromatic N) is 1. The molecule has 21 heavy (non-hydrogen) atoms. The number of nitrogens with one attached hydrogen (secondary N) is 1. The average molecular weight is 373 g/mol. The van der Waals surface area contributed by atoms with E-state index in [2.05, 4.69) is 20.9 Å². The van der Waals surface area contributed by atoms with Crippen LogP contribution in [0.1, 0.15) is 5.56 Å². The number of imidazole rings is 1. The predicted octanol–water partition coefficient (Wildman–Crippen LogP) is 5.18. The second-order valence-electron chi connectivity index (χ2n) is 4.60. The second-order valence-corrected chi connectivity index (χ2v) is 5.84. The van der Waals surface area contributed by atoms with E-state index in [1.807, 2.05) is 0 Å². The first-order valence-electron chi connectivity index (χ1n) is 5.94. The third-order valence-electron chi connectivity index (χ3n) is 3.19. The van der Waals surface area contributed by atoms with Crippen molar-refractivity contribution in [3.05, 3.63) is 56.5 Å². The maximum Gasteiger partial charge on any atom is 0.182 e. The van der Waals surface area contributed by atoms with Gasteiger partial charge in [-0.2, -0.15) is 0 Å². The zero-order chi connectivity index (χ0) is 15.3. The zero-order valence-corrected chi connectivity index (χ0v) is 13.1. The highest BCUT2D eigenvalue weighted by Crippen LogP contribution is 2.27. The van der Waals surface area contributed by atoms with Crippen molar-refractivity contribution >= 4 is 39.2 Å². The van der Waals surface area contributed by atoms with E-state index < -0.39 is 17.5 Å². The van der Waals surface area contributed by atoms with Crippen LogP contribution in [0.15, 0.2) is 28.7 Å². The molecule has 0 radical (unpaired) electrons. The van der Waals surface area contributed by atoms with Crippen LogP contribution in [0.4, 0.5) is 13.2 Å². The molecule has 0 saturated heterocycles. The van der Waals surface area contributed by atoms with E-state index in [4.69, 9.17) is 12.2 Å². The molecule has 2 nitrogen and oxygen atoms in total. The monoisotopic (exact) mass is 372 g/mol. The van der Waals surface area contributed by atoms with Crippen LogP contribution < -0.4 is 0 Å². The zero-order valence-electron chi connectivity index (χ0n) is 10.7. The Morgan fingerprint density at radius 2 is 1.76 bits per heavy atom. The fraction of sp³-hybridized carbons (Fsp3) is 0.0714. The molecule has 2 aromatic carbocycles. The van der Waals surface area contributed by atoms with Gasteiger partial charge in [-0.1, -0.05) is 0 Å². The minimum absolute atomic E-state index is 0.0205. The lowest BCUT2D eigenvalue weighted by Gasteiger charge is -2.08. The number of benzene rings is 2. The maximum absolute atomic E-state index is 14.1. The number of aryl methyl sites for hydroxylation is 1. The number of halogens is 4. The van der Waals surface area contributed by atoms with E-state index in [0.717, 1.165) is 12.1 Å². The van der Waals surface area contributed by atoms with Gasteiger partial charge in [0, 0.05) is 12.1 Å². The van der Waals surface area contributed by atoms with Crippen LogP contribution in [0.5, 0.6) is 0 Å². The number of H-pyrrole nitrogens is 1. The van der Waals surface area contributed by atoms with Gasteiger partial charge in [0.1, 0.15) is 17.5 Å². The highest BCUT2D eigenvalue weighted by Gasteiger charge is 2.15. The molecule has 3 rings (SSSR count). The first-order chi connectivity index (χ1) is 9.88. The highest BCUT2D eigenvalue weighted by molar-refractivity contribution is 9.10. The summed E-state index contributed by atoms with van der Waals surface area (Å²) in [5, 5.41) is 0. The molecule has 1 heterocycles. The number of fused-ring (bicyclic) bond motifs is 1. The van der Waals surface area contributed by atoms with E-state index in [1.54, 1.807) is 0 Å². The van der Waals surface area contributed by atoms with Gasteiger partial charge >= 0.3 is 0 Å². The smallest absolute Gasteiger partial charge is 0.182 e. The molecule has 0 bridgehead atoms. The Kier molecular flexibility index (Phi) is 3.41. The van der Waals surface area contributed by atoms with Crippen LogP contribution in [-0.4, -0.2) is 9.55 Å². The van der Waals surface area contributed by atoms with Crippen molar-refractivity contribution in [2.24, 2.45) is 0 Å². The Labute approximate surface area is 131 Å². The largest absolute Gasteiger partial charge is 0.330 e. The number of aromatic nitrogens is 2. The first kappa shape index (κ1) is 14.3. The van der Waals surface area contributed by atoms with E-state index in [1.165, 1.54) is 23.6 Å². The molecule has 1 N–H and O–H groups in total. The van der Waals surface area contributed by atoms with Gasteiger partial charge in [0.2, 0.25) is 0 Å². The van der Waals surface area contributed by atoms with Gasteiger partial charge < -0.3 is 4.98 Å². The molecule has 0 unspecified atom stereocenters. The summed E-state index contributed by atoms with van der Waals surface area (Å²) in [7, 11) is 0. The first-order valence-corrected chi connectivity index (χ1v) is 7.14. The van der Waals surface area contributed by atoms with Gasteiger partial charge in [-0.3, -0.25) is 4.57 Å². The SMILES string of the molecule is Cc1cc(F)c(-n2c(=S)[nH]c3cc(F)c(Br)cc32)cc1F. The molecule has 0 aliphatic carbocycles. The van der Waals surface area contributed by atoms with Crippen molar-refractivity contribution in [3.8, 4) is 5.69 Å². The van der Waals surface area contributed by atoms with Crippen LogP contribution in [0, 0.1) is 29.1 Å². The molecular formula is C14H8BrF3N2S. The van der Waals surface area contributed by atoms with Crippen molar-refractivity contribution in [2.45, 2.75) is 6.92 Å². The van der Waals surface area contributed by atoms with Crippen LogP contribution in [0.2, 0.25) is 0 Å². The van der Waals surface area contributed by atoms with Crippen molar-refractivity contribution in [3.63, 3.8) is 0 Å². The van der Waals surface area contributed by atoms with E-state index in [-0.39, 0.29) is 20.5 Å². The van der Waals surface area contributed by atoms with Gasteiger partial charge in [0.15, 0.2) is 4.77 Å².